The van der Waals surface area contributed by atoms with Crippen LogP contribution in [0.2, 0.25) is 0 Å². The third kappa shape index (κ3) is 21.8. The molecule has 0 saturated carbocycles. The summed E-state index contributed by atoms with van der Waals surface area (Å²) in [6.07, 6.45) is -0.0354. The molecule has 2 unspecified atom stereocenters. The maximum Gasteiger partial charge on any atom is 0.135 e. The van der Waals surface area contributed by atoms with E-state index in [1.807, 2.05) is 4.90 Å². The summed E-state index contributed by atoms with van der Waals surface area (Å²) in [5.41, 5.74) is 5.48. The van der Waals surface area contributed by atoms with Gasteiger partial charge in [0.15, 0.2) is 0 Å². The van der Waals surface area contributed by atoms with Gasteiger partial charge < -0.3 is 46.1 Å². The molecule has 15 nitrogen and oxygen atoms in total. The molecule has 7 N–H and O–H groups in total. The minimum absolute atomic E-state index is 0.179. The lowest BCUT2D eigenvalue weighted by Gasteiger charge is -2.39. The van der Waals surface area contributed by atoms with Crippen LogP contribution in [0.1, 0.15) is 12.8 Å². The molecule has 0 rings (SSSR count). The predicted octanol–water partition coefficient (Wildman–Crippen LogP) is -0.429. The van der Waals surface area contributed by atoms with E-state index < -0.39 is 33.7 Å². The second-order valence-electron chi connectivity index (χ2n) is 9.91. The number of methoxy groups -OCH3 is 1. The molecule has 2 atom stereocenters. The van der Waals surface area contributed by atoms with Gasteiger partial charge >= 0.3 is 0 Å². The number of hydrogen-bond acceptors (Lipinski definition) is 15. The van der Waals surface area contributed by atoms with E-state index in [0.717, 1.165) is 39.1 Å². The van der Waals surface area contributed by atoms with Crippen LogP contribution >= 0.6 is 21.5 Å². The normalized spacial score (nSPS) is 14.8. The fraction of sp³-hybridized carbons (Fsp3) is 1.00. The average molecular weight is 684 g/mol. The van der Waals surface area contributed by atoms with Gasteiger partial charge in [0, 0.05) is 97.3 Å². The van der Waals surface area contributed by atoms with Gasteiger partial charge in [-0.15, -0.1) is 0 Å². The smallest absolute Gasteiger partial charge is 0.135 e. The summed E-state index contributed by atoms with van der Waals surface area (Å²) < 4.78 is 44.0. The van der Waals surface area contributed by atoms with Gasteiger partial charge in [0.2, 0.25) is 0 Å². The Morgan fingerprint density at radius 1 is 0.659 bits per heavy atom. The maximum atomic E-state index is 10.7. The molecule has 0 aromatic rings. The number of ether oxygens (including phenoxy) is 3. The number of hydrogen-bond donors (Lipinski definition) is 6. The topological polar surface area (TPSA) is 180 Å². The Bertz CT molecular complexity index is 623. The summed E-state index contributed by atoms with van der Waals surface area (Å²) in [4.78, 5) is 2.03. The van der Waals surface area contributed by atoms with Gasteiger partial charge in [-0.1, -0.05) is 0 Å². The van der Waals surface area contributed by atoms with Crippen LogP contribution in [0.4, 0.5) is 0 Å². The summed E-state index contributed by atoms with van der Waals surface area (Å²) >= 11 is 0. The van der Waals surface area contributed by atoms with Crippen molar-refractivity contribution in [1.29, 1.82) is 0 Å². The highest BCUT2D eigenvalue weighted by Gasteiger charge is 2.23. The second kappa shape index (κ2) is 29.3. The molecule has 0 bridgehead atoms. The van der Waals surface area contributed by atoms with Gasteiger partial charge in [0.1, 0.15) is 5.94 Å². The zero-order valence-corrected chi connectivity index (χ0v) is 29.7. The predicted molar refractivity (Wildman–Crippen MR) is 179 cm³/mol. The van der Waals surface area contributed by atoms with E-state index in [0.29, 0.717) is 69.8 Å². The van der Waals surface area contributed by atoms with E-state index in [-0.39, 0.29) is 13.2 Å². The molecule has 270 valence electrons. The Kier molecular flexibility index (Phi) is 29.3. The van der Waals surface area contributed by atoms with E-state index in [1.165, 1.54) is 0 Å². The summed E-state index contributed by atoms with van der Waals surface area (Å²) in [6, 6.07) is 0. The van der Waals surface area contributed by atoms with E-state index >= 15 is 0 Å². The van der Waals surface area contributed by atoms with Crippen molar-refractivity contribution in [2.75, 3.05) is 152 Å². The van der Waals surface area contributed by atoms with Gasteiger partial charge in [-0.25, -0.2) is 0 Å². The third-order valence-electron chi connectivity index (χ3n) is 6.54. The first-order chi connectivity index (χ1) is 21.3. The molecular weight excluding hydrogens is 618 g/mol. The molecule has 0 aromatic heterocycles. The Hall–Kier alpha value is 0.1000. The van der Waals surface area contributed by atoms with E-state index in [2.05, 4.69) is 16.0 Å². The zero-order valence-electron chi connectivity index (χ0n) is 28.1. The van der Waals surface area contributed by atoms with Crippen molar-refractivity contribution in [3.05, 3.63) is 0 Å². The third-order valence-corrected chi connectivity index (χ3v) is 11.6. The molecule has 0 fully saturated rings. The maximum absolute atomic E-state index is 10.7. The quantitative estimate of drug-likeness (QED) is 0.0481. The molecule has 0 aliphatic heterocycles. The Morgan fingerprint density at radius 2 is 1.14 bits per heavy atom. The first kappa shape index (κ1) is 44.1. The molecule has 44 heavy (non-hydrogen) atoms. The lowest BCUT2D eigenvalue weighted by molar-refractivity contribution is -0.00956. The van der Waals surface area contributed by atoms with Gasteiger partial charge in [-0.3, -0.25) is 25.8 Å². The number of rotatable bonds is 34. The average Bonchev–Trinajstić information content (AvgIpc) is 3.03. The molecule has 0 amide bonds. The van der Waals surface area contributed by atoms with Crippen LogP contribution in [0.3, 0.4) is 0 Å². The van der Waals surface area contributed by atoms with Crippen LogP contribution < -0.4 is 21.7 Å². The Balaban J connectivity index is 4.60. The molecule has 0 heterocycles. The van der Waals surface area contributed by atoms with E-state index in [9.17, 15) is 10.2 Å². The molecule has 0 radical (unpaired) electrons. The summed E-state index contributed by atoms with van der Waals surface area (Å²) in [5.74, 6) is 1.65. The van der Waals surface area contributed by atoms with Gasteiger partial charge in [-0.2, -0.15) is 10.6 Å². The standard InChI is InChI=1S/C27H65N5O10S2/c1-35-25-43(36-2,37-3)19-7-17-41-23-26(33)21-32(16-15-31-14-13-30-12-11-29-10-9-28)22-27(34)24-42-18-8-20-44(38-4,39-5)40-6/h26-27,29-31,33-34H,7-25,28H2,1-6H3. The molecule has 0 saturated heterocycles. The zero-order chi connectivity index (χ0) is 32.9. The van der Waals surface area contributed by atoms with Gasteiger partial charge in [-0.05, 0) is 12.8 Å². The van der Waals surface area contributed by atoms with Crippen molar-refractivity contribution >= 4 is 21.5 Å². The number of nitrogens with two attached hydrogens (primary N) is 1. The number of nitrogens with zero attached hydrogens (tertiary/aromatic N) is 1. The number of aliphatic hydroxyl groups excluding tert-OH is 2. The largest absolute Gasteiger partial charge is 0.389 e. The summed E-state index contributed by atoms with van der Waals surface area (Å²) in [7, 11) is 5.78. The Morgan fingerprint density at radius 3 is 1.59 bits per heavy atom. The number of nitrogens with one attached hydrogen (secondary N) is 3. The molecular formula is C27H65N5O10S2. The van der Waals surface area contributed by atoms with Crippen LogP contribution in [0, 0.1) is 0 Å². The first-order valence-corrected chi connectivity index (χ1v) is 18.6. The van der Waals surface area contributed by atoms with Crippen molar-refractivity contribution in [2.24, 2.45) is 5.73 Å². The molecule has 0 aromatic carbocycles. The van der Waals surface area contributed by atoms with Crippen molar-refractivity contribution < 1.29 is 45.3 Å². The van der Waals surface area contributed by atoms with Crippen LogP contribution in [0.5, 0.6) is 0 Å². The van der Waals surface area contributed by atoms with Crippen molar-refractivity contribution in [3.63, 3.8) is 0 Å². The second-order valence-corrected chi connectivity index (χ2v) is 15.2. The number of aliphatic hydroxyl groups is 2. The minimum Gasteiger partial charge on any atom is -0.389 e. The fourth-order valence-electron chi connectivity index (χ4n) is 4.21. The minimum atomic E-state index is -2.02. The van der Waals surface area contributed by atoms with Crippen LogP contribution in [0.15, 0.2) is 0 Å². The van der Waals surface area contributed by atoms with Crippen LogP contribution in [-0.4, -0.2) is 179 Å². The van der Waals surface area contributed by atoms with Gasteiger partial charge in [0.05, 0.1) is 71.8 Å². The molecule has 0 aliphatic rings. The lowest BCUT2D eigenvalue weighted by atomic mass is 10.2. The molecule has 0 aliphatic carbocycles. The summed E-state index contributed by atoms with van der Waals surface area (Å²) in [5, 5.41) is 31.4. The summed E-state index contributed by atoms with van der Waals surface area (Å²) in [6.45, 7) is 8.22. The first-order valence-electron chi connectivity index (χ1n) is 15.2. The molecule has 17 heteroatoms. The van der Waals surface area contributed by atoms with Crippen molar-refractivity contribution in [2.45, 2.75) is 25.0 Å². The Labute approximate surface area is 270 Å². The SMILES string of the molecule is COCS(CCCOCC(O)CN(CCNCCNCCNCCN)CC(O)COCCCS(OC)(OC)OC)(OC)OC. The van der Waals surface area contributed by atoms with E-state index in [4.69, 9.17) is 40.9 Å². The molecule has 0 spiro atoms. The monoisotopic (exact) mass is 683 g/mol. The highest BCUT2D eigenvalue weighted by Crippen LogP contribution is 2.50. The lowest BCUT2D eigenvalue weighted by Crippen LogP contribution is -2.44. The fourth-order valence-corrected chi connectivity index (χ4v) is 7.28. The highest BCUT2D eigenvalue weighted by atomic mass is 32.3. The van der Waals surface area contributed by atoms with Crippen LogP contribution in [-0.2, 0) is 35.1 Å². The van der Waals surface area contributed by atoms with Gasteiger partial charge in [0.25, 0.3) is 0 Å². The van der Waals surface area contributed by atoms with E-state index in [1.54, 1.807) is 42.7 Å². The highest BCUT2D eigenvalue weighted by molar-refractivity contribution is 8.25. The van der Waals surface area contributed by atoms with Crippen molar-refractivity contribution in [1.82, 2.24) is 20.9 Å². The van der Waals surface area contributed by atoms with Crippen molar-refractivity contribution in [3.8, 4) is 0 Å². The van der Waals surface area contributed by atoms with Crippen LogP contribution in [0.25, 0.3) is 0 Å².